The van der Waals surface area contributed by atoms with Crippen molar-refractivity contribution in [3.63, 3.8) is 0 Å². The number of sulfonamides is 1. The lowest BCUT2D eigenvalue weighted by atomic mass is 10.0. The highest BCUT2D eigenvalue weighted by Gasteiger charge is 2.33. The first-order chi connectivity index (χ1) is 15.7. The van der Waals surface area contributed by atoms with Crippen LogP contribution in [0.25, 0.3) is 0 Å². The summed E-state index contributed by atoms with van der Waals surface area (Å²) in [6.45, 7) is 9.24. The van der Waals surface area contributed by atoms with Crippen LogP contribution in [-0.2, 0) is 19.6 Å². The molecule has 3 aliphatic rings. The van der Waals surface area contributed by atoms with Crippen LogP contribution in [0, 0.1) is 19.8 Å². The molecular weight excluding hydrogens is 442 g/mol. The number of piperidine rings is 1. The molecule has 1 aromatic carbocycles. The van der Waals surface area contributed by atoms with E-state index in [0.717, 1.165) is 31.2 Å². The average Bonchev–Trinajstić information content (AvgIpc) is 3.35. The molecular formula is C24H35N3O5S. The number of nitrogens with zero attached hydrogens (tertiary/aromatic N) is 3. The first kappa shape index (κ1) is 24.2. The van der Waals surface area contributed by atoms with E-state index in [9.17, 15) is 18.0 Å². The summed E-state index contributed by atoms with van der Waals surface area (Å²) in [5, 5.41) is 0. The van der Waals surface area contributed by atoms with Crippen LogP contribution in [0.5, 0.6) is 0 Å². The standard InChI is InChI=1S/C24H35N3O5S/c1-17-6-8-27(9-7-17)33(30,31)22-16-20(15-18(2)19(22)3)23(28)25-10-12-26(13-11-25)24(29)21-5-4-14-32-21/h15-17,21H,4-14H2,1-3H3. The van der Waals surface area contributed by atoms with Gasteiger partial charge >= 0.3 is 0 Å². The Morgan fingerprint density at radius 3 is 2.18 bits per heavy atom. The number of aryl methyl sites for hydroxylation is 1. The second kappa shape index (κ2) is 9.72. The molecule has 0 N–H and O–H groups in total. The molecule has 0 bridgehead atoms. The minimum atomic E-state index is -3.66. The first-order valence-electron chi connectivity index (χ1n) is 12.0. The van der Waals surface area contributed by atoms with E-state index in [1.807, 2.05) is 6.92 Å². The summed E-state index contributed by atoms with van der Waals surface area (Å²) in [6.07, 6.45) is 3.02. The number of amides is 2. The third-order valence-corrected chi connectivity index (χ3v) is 9.34. The monoisotopic (exact) mass is 477 g/mol. The summed E-state index contributed by atoms with van der Waals surface area (Å²) in [5.41, 5.74) is 1.87. The van der Waals surface area contributed by atoms with Gasteiger partial charge in [-0.15, -0.1) is 0 Å². The summed E-state index contributed by atoms with van der Waals surface area (Å²) in [6, 6.07) is 3.32. The maximum Gasteiger partial charge on any atom is 0.254 e. The molecule has 0 saturated carbocycles. The van der Waals surface area contributed by atoms with Gasteiger partial charge in [0.2, 0.25) is 10.0 Å². The third kappa shape index (κ3) is 4.95. The van der Waals surface area contributed by atoms with E-state index >= 15 is 0 Å². The normalized spacial score (nSPS) is 23.2. The van der Waals surface area contributed by atoms with Crippen molar-refractivity contribution >= 4 is 21.8 Å². The number of carbonyl (C=O) groups excluding carboxylic acids is 2. The van der Waals surface area contributed by atoms with Gasteiger partial charge < -0.3 is 14.5 Å². The number of hydrogen-bond acceptors (Lipinski definition) is 5. The molecule has 4 rings (SSSR count). The molecule has 182 valence electrons. The number of rotatable bonds is 4. The Morgan fingerprint density at radius 1 is 0.939 bits per heavy atom. The van der Waals surface area contributed by atoms with Gasteiger partial charge in [0.25, 0.3) is 11.8 Å². The maximum absolute atomic E-state index is 13.4. The van der Waals surface area contributed by atoms with Crippen molar-refractivity contribution in [2.24, 2.45) is 5.92 Å². The highest BCUT2D eigenvalue weighted by atomic mass is 32.2. The Hall–Kier alpha value is -1.97. The van der Waals surface area contributed by atoms with Crippen molar-refractivity contribution in [1.29, 1.82) is 0 Å². The van der Waals surface area contributed by atoms with E-state index in [1.54, 1.807) is 33.2 Å². The second-order valence-electron chi connectivity index (χ2n) is 9.62. The smallest absolute Gasteiger partial charge is 0.254 e. The molecule has 8 nitrogen and oxygen atoms in total. The Morgan fingerprint density at radius 2 is 1.58 bits per heavy atom. The van der Waals surface area contributed by atoms with Crippen LogP contribution in [0.3, 0.4) is 0 Å². The molecule has 9 heteroatoms. The molecule has 1 aromatic rings. The summed E-state index contributed by atoms with van der Waals surface area (Å²) in [7, 11) is -3.66. The topological polar surface area (TPSA) is 87.2 Å². The highest BCUT2D eigenvalue weighted by Crippen LogP contribution is 2.28. The van der Waals surface area contributed by atoms with Gasteiger partial charge in [0.15, 0.2) is 0 Å². The van der Waals surface area contributed by atoms with E-state index in [2.05, 4.69) is 6.92 Å². The van der Waals surface area contributed by atoms with Gasteiger partial charge in [-0.25, -0.2) is 8.42 Å². The van der Waals surface area contributed by atoms with Crippen LogP contribution in [-0.4, -0.2) is 86.3 Å². The number of ether oxygens (including phenoxy) is 1. The highest BCUT2D eigenvalue weighted by molar-refractivity contribution is 7.89. The largest absolute Gasteiger partial charge is 0.368 e. The SMILES string of the molecule is Cc1cc(C(=O)N2CCN(C(=O)C3CCCO3)CC2)cc(S(=O)(=O)N2CCC(C)CC2)c1C. The van der Waals surface area contributed by atoms with E-state index < -0.39 is 10.0 Å². The van der Waals surface area contributed by atoms with Crippen LogP contribution in [0.2, 0.25) is 0 Å². The summed E-state index contributed by atoms with van der Waals surface area (Å²) < 4.78 is 33.9. The minimum absolute atomic E-state index is 0.00927. The van der Waals surface area contributed by atoms with E-state index in [1.165, 1.54) is 0 Å². The second-order valence-corrected chi connectivity index (χ2v) is 11.5. The zero-order valence-electron chi connectivity index (χ0n) is 19.9. The number of piperazine rings is 1. The average molecular weight is 478 g/mol. The molecule has 3 saturated heterocycles. The Labute approximate surface area is 196 Å². The minimum Gasteiger partial charge on any atom is -0.368 e. The Bertz CT molecular complexity index is 1000. The van der Waals surface area contributed by atoms with Gasteiger partial charge in [-0.2, -0.15) is 4.31 Å². The van der Waals surface area contributed by atoms with Crippen LogP contribution in [0.4, 0.5) is 0 Å². The Kier molecular flexibility index (Phi) is 7.12. The molecule has 0 spiro atoms. The summed E-state index contributed by atoms with van der Waals surface area (Å²) >= 11 is 0. The van der Waals surface area contributed by atoms with E-state index in [0.29, 0.717) is 62.9 Å². The molecule has 0 aromatic heterocycles. The van der Waals surface area contributed by atoms with Crippen LogP contribution in [0.15, 0.2) is 17.0 Å². The molecule has 3 aliphatic heterocycles. The number of benzene rings is 1. The van der Waals surface area contributed by atoms with Crippen molar-refractivity contribution < 1.29 is 22.7 Å². The first-order valence-corrected chi connectivity index (χ1v) is 13.4. The van der Waals surface area contributed by atoms with Gasteiger partial charge in [0.05, 0.1) is 4.90 Å². The molecule has 33 heavy (non-hydrogen) atoms. The quantitative estimate of drug-likeness (QED) is 0.664. The molecule has 1 atom stereocenters. The predicted molar refractivity (Wildman–Crippen MR) is 125 cm³/mol. The lowest BCUT2D eigenvalue weighted by molar-refractivity contribution is -0.142. The maximum atomic E-state index is 13.4. The number of carbonyl (C=O) groups is 2. The van der Waals surface area contributed by atoms with Gasteiger partial charge in [0.1, 0.15) is 6.10 Å². The van der Waals surface area contributed by atoms with E-state index in [-0.39, 0.29) is 22.8 Å². The van der Waals surface area contributed by atoms with Gasteiger partial charge in [-0.1, -0.05) is 6.92 Å². The predicted octanol–water partition coefficient (Wildman–Crippen LogP) is 2.19. The summed E-state index contributed by atoms with van der Waals surface area (Å²) in [5.74, 6) is 0.346. The lowest BCUT2D eigenvalue weighted by Gasteiger charge is -2.36. The fourth-order valence-electron chi connectivity index (χ4n) is 4.87. The van der Waals surface area contributed by atoms with Gasteiger partial charge in [0, 0.05) is 51.4 Å². The van der Waals surface area contributed by atoms with Crippen LogP contribution in [0.1, 0.15) is 54.1 Å². The lowest BCUT2D eigenvalue weighted by Crippen LogP contribution is -2.52. The van der Waals surface area contributed by atoms with Crippen molar-refractivity contribution in [2.45, 2.75) is 57.5 Å². The Balaban J connectivity index is 1.48. The molecule has 2 amide bonds. The van der Waals surface area contributed by atoms with Crippen molar-refractivity contribution in [3.8, 4) is 0 Å². The number of hydrogen-bond donors (Lipinski definition) is 0. The molecule has 1 unspecified atom stereocenters. The zero-order chi connectivity index (χ0) is 23.8. The fraction of sp³-hybridized carbons (Fsp3) is 0.667. The molecule has 3 fully saturated rings. The molecule has 0 radical (unpaired) electrons. The summed E-state index contributed by atoms with van der Waals surface area (Å²) in [4.78, 5) is 29.6. The molecule has 0 aliphatic carbocycles. The fourth-order valence-corrected chi connectivity index (χ4v) is 6.66. The van der Waals surface area contributed by atoms with E-state index in [4.69, 9.17) is 4.74 Å². The zero-order valence-corrected chi connectivity index (χ0v) is 20.7. The van der Waals surface area contributed by atoms with Crippen molar-refractivity contribution in [1.82, 2.24) is 14.1 Å². The van der Waals surface area contributed by atoms with Crippen LogP contribution >= 0.6 is 0 Å². The van der Waals surface area contributed by atoms with Gasteiger partial charge in [-0.05, 0) is 68.7 Å². The third-order valence-electron chi connectivity index (χ3n) is 7.31. The van der Waals surface area contributed by atoms with Gasteiger partial charge in [-0.3, -0.25) is 9.59 Å². The molecule has 3 heterocycles. The van der Waals surface area contributed by atoms with Crippen LogP contribution < -0.4 is 0 Å². The van der Waals surface area contributed by atoms with Crippen molar-refractivity contribution in [3.05, 3.63) is 28.8 Å². The van der Waals surface area contributed by atoms with Crippen molar-refractivity contribution in [2.75, 3.05) is 45.9 Å².